The van der Waals surface area contributed by atoms with Crippen LogP contribution in [0, 0.1) is 17.5 Å². The van der Waals surface area contributed by atoms with E-state index in [1.165, 1.54) is 0 Å². The number of benzene rings is 1. The summed E-state index contributed by atoms with van der Waals surface area (Å²) in [6.07, 6.45) is 0. The number of halogens is 4. The molecule has 1 rings (SSSR count). The van der Waals surface area contributed by atoms with Gasteiger partial charge in [-0.05, 0) is 19.6 Å². The first-order chi connectivity index (χ1) is 7.93. The van der Waals surface area contributed by atoms with E-state index in [1.54, 1.807) is 19.6 Å². The maximum absolute atomic E-state index is 13.5. The second kappa shape index (κ2) is 4.75. The van der Waals surface area contributed by atoms with E-state index >= 15 is 0 Å². The Balaban J connectivity index is 3.60. The minimum Gasteiger partial charge on any atom is -0.543 e. The predicted molar refractivity (Wildman–Crippen MR) is 63.3 cm³/mol. The Bertz CT molecular complexity index is 584. The maximum Gasteiger partial charge on any atom is 0.267 e. The first-order valence-corrected chi connectivity index (χ1v) is 10.5. The Hall–Kier alpha value is -0.733. The quantitative estimate of drug-likeness (QED) is 0.488. The Morgan fingerprint density at radius 2 is 1.67 bits per heavy atom. The molecule has 0 aliphatic rings. The van der Waals surface area contributed by atoms with E-state index in [2.05, 4.69) is 0 Å². The highest BCUT2D eigenvalue weighted by Crippen LogP contribution is 2.34. The van der Waals surface area contributed by atoms with Crippen molar-refractivity contribution in [1.29, 1.82) is 0 Å². The van der Waals surface area contributed by atoms with Crippen LogP contribution in [-0.4, -0.2) is 16.7 Å². The molecule has 0 heterocycles. The highest BCUT2D eigenvalue weighted by atomic mass is 35.7. The summed E-state index contributed by atoms with van der Waals surface area (Å²) >= 11 is 0. The Labute approximate surface area is 108 Å². The van der Waals surface area contributed by atoms with E-state index in [1.807, 2.05) is 0 Å². The molecule has 18 heavy (non-hydrogen) atoms. The summed E-state index contributed by atoms with van der Waals surface area (Å²) in [5.74, 6) is -5.93. The van der Waals surface area contributed by atoms with Crippen LogP contribution in [0.5, 0.6) is 5.75 Å². The highest BCUT2D eigenvalue weighted by molar-refractivity contribution is 8.13. The van der Waals surface area contributed by atoms with E-state index in [-0.39, 0.29) is 0 Å². The third-order valence-corrected chi connectivity index (χ3v) is 3.91. The lowest BCUT2D eigenvalue weighted by atomic mass is 10.3. The van der Waals surface area contributed by atoms with Crippen molar-refractivity contribution in [2.45, 2.75) is 24.5 Å². The van der Waals surface area contributed by atoms with Crippen molar-refractivity contribution in [1.82, 2.24) is 0 Å². The molecule has 0 aliphatic heterocycles. The van der Waals surface area contributed by atoms with Crippen LogP contribution in [0.3, 0.4) is 0 Å². The Kier molecular flexibility index (Phi) is 4.04. The van der Waals surface area contributed by atoms with Crippen LogP contribution in [0.2, 0.25) is 19.6 Å². The molecule has 102 valence electrons. The number of hydrogen-bond acceptors (Lipinski definition) is 3. The maximum atomic E-state index is 13.5. The summed E-state index contributed by atoms with van der Waals surface area (Å²) in [4.78, 5) is -1.18. The zero-order valence-corrected chi connectivity index (χ0v) is 12.3. The minimum atomic E-state index is -4.59. The van der Waals surface area contributed by atoms with Gasteiger partial charge in [-0.1, -0.05) is 0 Å². The summed E-state index contributed by atoms with van der Waals surface area (Å²) in [5.41, 5.74) is 0. The van der Waals surface area contributed by atoms with Gasteiger partial charge in [0.05, 0.1) is 0 Å². The van der Waals surface area contributed by atoms with E-state index in [4.69, 9.17) is 15.1 Å². The fourth-order valence-electron chi connectivity index (χ4n) is 1.19. The smallest absolute Gasteiger partial charge is 0.267 e. The lowest BCUT2D eigenvalue weighted by Gasteiger charge is -2.21. The Morgan fingerprint density at radius 1 is 1.17 bits per heavy atom. The molecule has 1 aromatic carbocycles. The predicted octanol–water partition coefficient (Wildman–Crippen LogP) is 3.25. The molecule has 0 atom stereocenters. The molecular weight excluding hydrogens is 309 g/mol. The standard InChI is InChI=1S/C9H10ClF3O3SSi/c1-18(2,3)16-6-4-5(11)7(12)8(13)9(6)17(10,14)15/h4H,1-3H3. The van der Waals surface area contributed by atoms with Crippen molar-refractivity contribution >= 4 is 28.1 Å². The largest absolute Gasteiger partial charge is 0.543 e. The molecule has 0 saturated carbocycles. The van der Waals surface area contributed by atoms with Crippen molar-refractivity contribution in [2.24, 2.45) is 0 Å². The fourth-order valence-corrected chi connectivity index (χ4v) is 3.16. The molecule has 0 bridgehead atoms. The van der Waals surface area contributed by atoms with Gasteiger partial charge in [0.2, 0.25) is 8.32 Å². The van der Waals surface area contributed by atoms with E-state index < -0.39 is 45.5 Å². The van der Waals surface area contributed by atoms with Crippen LogP contribution in [-0.2, 0) is 9.05 Å². The molecule has 3 nitrogen and oxygen atoms in total. The van der Waals surface area contributed by atoms with Gasteiger partial charge in [0.15, 0.2) is 22.3 Å². The summed E-state index contributed by atoms with van der Waals surface area (Å²) in [7, 11) is -1.94. The highest BCUT2D eigenvalue weighted by Gasteiger charge is 2.30. The molecule has 0 unspecified atom stereocenters. The summed E-state index contributed by atoms with van der Waals surface area (Å²) in [6.45, 7) is 4.99. The summed E-state index contributed by atoms with van der Waals surface area (Å²) in [5, 5.41) is 0. The third-order valence-electron chi connectivity index (χ3n) is 1.74. The molecule has 0 fully saturated rings. The van der Waals surface area contributed by atoms with Gasteiger partial charge in [0.25, 0.3) is 9.05 Å². The summed E-state index contributed by atoms with van der Waals surface area (Å²) < 4.78 is 67.1. The minimum absolute atomic E-state index is 0.478. The van der Waals surface area contributed by atoms with E-state index in [9.17, 15) is 21.6 Å². The average molecular weight is 319 g/mol. The van der Waals surface area contributed by atoms with Crippen molar-refractivity contribution < 1.29 is 26.0 Å². The molecule has 9 heteroatoms. The van der Waals surface area contributed by atoms with Crippen molar-refractivity contribution in [3.63, 3.8) is 0 Å². The van der Waals surface area contributed by atoms with Gasteiger partial charge >= 0.3 is 0 Å². The van der Waals surface area contributed by atoms with Crippen LogP contribution >= 0.6 is 10.7 Å². The first-order valence-electron chi connectivity index (χ1n) is 4.74. The monoisotopic (exact) mass is 318 g/mol. The van der Waals surface area contributed by atoms with Crippen molar-refractivity contribution in [3.05, 3.63) is 23.5 Å². The molecule has 1 aromatic rings. The van der Waals surface area contributed by atoms with E-state index in [0.29, 0.717) is 6.07 Å². The van der Waals surface area contributed by atoms with Crippen molar-refractivity contribution in [2.75, 3.05) is 0 Å². The van der Waals surface area contributed by atoms with Gasteiger partial charge in [-0.3, -0.25) is 0 Å². The van der Waals surface area contributed by atoms with Gasteiger partial charge in [-0.2, -0.15) is 0 Å². The van der Waals surface area contributed by atoms with E-state index in [0.717, 1.165) is 0 Å². The summed E-state index contributed by atoms with van der Waals surface area (Å²) in [6, 6.07) is 0.478. The normalized spacial score (nSPS) is 12.6. The number of rotatable bonds is 3. The fraction of sp³-hybridized carbons (Fsp3) is 0.333. The second-order valence-electron chi connectivity index (χ2n) is 4.47. The molecule has 0 N–H and O–H groups in total. The zero-order valence-electron chi connectivity index (χ0n) is 9.72. The molecule has 0 aliphatic carbocycles. The van der Waals surface area contributed by atoms with Crippen molar-refractivity contribution in [3.8, 4) is 5.75 Å². The van der Waals surface area contributed by atoms with Crippen LogP contribution in [0.25, 0.3) is 0 Å². The van der Waals surface area contributed by atoms with Gasteiger partial charge in [-0.15, -0.1) is 0 Å². The average Bonchev–Trinajstić information content (AvgIpc) is 2.09. The van der Waals surface area contributed by atoms with Crippen LogP contribution in [0.4, 0.5) is 13.2 Å². The van der Waals surface area contributed by atoms with Gasteiger partial charge in [0.1, 0.15) is 5.75 Å². The Morgan fingerprint density at radius 3 is 2.06 bits per heavy atom. The molecule has 0 amide bonds. The molecular formula is C9H10ClF3O3SSi. The van der Waals surface area contributed by atoms with Crippen LogP contribution < -0.4 is 4.43 Å². The molecule has 0 aromatic heterocycles. The third kappa shape index (κ3) is 3.39. The zero-order chi connectivity index (χ0) is 14.3. The molecule has 0 spiro atoms. The van der Waals surface area contributed by atoms with Gasteiger partial charge in [0, 0.05) is 16.7 Å². The SMILES string of the molecule is C[Si](C)(C)Oc1cc(F)c(F)c(F)c1S(=O)(=O)Cl. The topological polar surface area (TPSA) is 43.4 Å². The molecule has 0 saturated heterocycles. The first kappa shape index (κ1) is 15.3. The lowest BCUT2D eigenvalue weighted by Crippen LogP contribution is -2.30. The lowest BCUT2D eigenvalue weighted by molar-refractivity contribution is 0.415. The van der Waals surface area contributed by atoms with Crippen LogP contribution in [0.1, 0.15) is 0 Å². The second-order valence-corrected chi connectivity index (χ2v) is 11.4. The van der Waals surface area contributed by atoms with Crippen LogP contribution in [0.15, 0.2) is 11.0 Å². The van der Waals surface area contributed by atoms with Gasteiger partial charge in [-0.25, -0.2) is 21.6 Å². The number of hydrogen-bond donors (Lipinski definition) is 0. The van der Waals surface area contributed by atoms with Gasteiger partial charge < -0.3 is 4.43 Å². The molecule has 0 radical (unpaired) electrons.